The van der Waals surface area contributed by atoms with Gasteiger partial charge in [0.25, 0.3) is 11.6 Å². The number of nitrogens with one attached hydrogen (secondary N) is 1. The first-order valence-electron chi connectivity index (χ1n) is 6.34. The van der Waals surface area contributed by atoms with E-state index in [1.54, 1.807) is 22.9 Å². The van der Waals surface area contributed by atoms with Gasteiger partial charge in [0.15, 0.2) is 0 Å². The molecule has 0 aliphatic heterocycles. The summed E-state index contributed by atoms with van der Waals surface area (Å²) in [6.45, 7) is 0. The summed E-state index contributed by atoms with van der Waals surface area (Å²) in [6, 6.07) is 4.88. The van der Waals surface area contributed by atoms with E-state index in [1.165, 1.54) is 12.3 Å². The van der Waals surface area contributed by atoms with E-state index in [0.29, 0.717) is 5.82 Å². The SMILES string of the molecule is O=C(Nc1cc(Br)ccn1)c1cc([N+](=O)[O-])cn1C1CC1. The number of carbonyl (C=O) groups excluding carboxylic acids is 1. The van der Waals surface area contributed by atoms with E-state index in [4.69, 9.17) is 0 Å². The van der Waals surface area contributed by atoms with Crippen molar-refractivity contribution in [2.24, 2.45) is 0 Å². The highest BCUT2D eigenvalue weighted by Crippen LogP contribution is 2.38. The number of pyridine rings is 1. The third-order valence-corrected chi connectivity index (χ3v) is 3.67. The number of carbonyl (C=O) groups is 1. The maximum absolute atomic E-state index is 12.3. The molecule has 0 saturated heterocycles. The number of hydrogen-bond acceptors (Lipinski definition) is 4. The third-order valence-electron chi connectivity index (χ3n) is 3.18. The van der Waals surface area contributed by atoms with Crippen molar-refractivity contribution in [1.82, 2.24) is 9.55 Å². The second-order valence-corrected chi connectivity index (χ2v) is 5.71. The molecule has 21 heavy (non-hydrogen) atoms. The van der Waals surface area contributed by atoms with Crippen LogP contribution in [0.3, 0.4) is 0 Å². The van der Waals surface area contributed by atoms with E-state index in [2.05, 4.69) is 26.2 Å². The van der Waals surface area contributed by atoms with Crippen molar-refractivity contribution < 1.29 is 9.72 Å². The zero-order valence-electron chi connectivity index (χ0n) is 10.8. The fraction of sp³-hybridized carbons (Fsp3) is 0.231. The van der Waals surface area contributed by atoms with Crippen molar-refractivity contribution in [3.63, 3.8) is 0 Å². The smallest absolute Gasteiger partial charge is 0.287 e. The molecule has 0 atom stereocenters. The molecule has 0 spiro atoms. The standard InChI is InChI=1S/C13H11BrN4O3/c14-8-3-4-15-12(5-8)16-13(19)11-6-10(18(20)21)7-17(11)9-1-2-9/h3-7,9H,1-2H2,(H,15,16,19). The second kappa shape index (κ2) is 5.28. The molecule has 1 fully saturated rings. The molecule has 0 unspecified atom stereocenters. The number of nitro groups is 1. The van der Waals surface area contributed by atoms with Crippen LogP contribution in [0.4, 0.5) is 11.5 Å². The van der Waals surface area contributed by atoms with Gasteiger partial charge in [0.1, 0.15) is 11.5 Å². The van der Waals surface area contributed by atoms with Crippen LogP contribution in [0.5, 0.6) is 0 Å². The molecule has 2 aromatic heterocycles. The second-order valence-electron chi connectivity index (χ2n) is 4.79. The van der Waals surface area contributed by atoms with Gasteiger partial charge in [0.05, 0.1) is 11.1 Å². The van der Waals surface area contributed by atoms with Gasteiger partial charge in [-0.1, -0.05) is 15.9 Å². The van der Waals surface area contributed by atoms with E-state index in [9.17, 15) is 14.9 Å². The van der Waals surface area contributed by atoms with Gasteiger partial charge in [0.2, 0.25) is 0 Å². The maximum Gasteiger partial charge on any atom is 0.287 e. The third kappa shape index (κ3) is 2.94. The van der Waals surface area contributed by atoms with Crippen LogP contribution in [0.15, 0.2) is 35.1 Å². The number of hydrogen-bond donors (Lipinski definition) is 1. The molecule has 1 N–H and O–H groups in total. The van der Waals surface area contributed by atoms with Gasteiger partial charge in [-0.05, 0) is 25.0 Å². The van der Waals surface area contributed by atoms with Crippen molar-refractivity contribution in [2.45, 2.75) is 18.9 Å². The minimum atomic E-state index is -0.493. The quantitative estimate of drug-likeness (QED) is 0.677. The molecular weight excluding hydrogens is 340 g/mol. The van der Waals surface area contributed by atoms with Crippen LogP contribution in [0, 0.1) is 10.1 Å². The molecule has 3 rings (SSSR count). The molecule has 1 amide bonds. The molecule has 2 aromatic rings. The van der Waals surface area contributed by atoms with Crippen molar-refractivity contribution in [3.8, 4) is 0 Å². The number of nitrogens with zero attached hydrogens (tertiary/aromatic N) is 3. The van der Waals surface area contributed by atoms with Gasteiger partial charge in [-0.3, -0.25) is 14.9 Å². The molecule has 0 radical (unpaired) electrons. The zero-order chi connectivity index (χ0) is 15.0. The predicted molar refractivity (Wildman–Crippen MR) is 79.2 cm³/mol. The van der Waals surface area contributed by atoms with Crippen molar-refractivity contribution in [1.29, 1.82) is 0 Å². The number of amides is 1. The molecule has 0 aromatic carbocycles. The maximum atomic E-state index is 12.3. The number of anilines is 1. The lowest BCUT2D eigenvalue weighted by molar-refractivity contribution is -0.384. The summed E-state index contributed by atoms with van der Waals surface area (Å²) in [4.78, 5) is 26.7. The number of halogens is 1. The molecule has 1 aliphatic rings. The normalized spacial score (nSPS) is 14.0. The molecule has 1 aliphatic carbocycles. The van der Waals surface area contributed by atoms with Gasteiger partial charge in [0, 0.05) is 22.8 Å². The van der Waals surface area contributed by atoms with Gasteiger partial charge in [-0.2, -0.15) is 0 Å². The summed E-state index contributed by atoms with van der Waals surface area (Å²) in [7, 11) is 0. The molecule has 0 bridgehead atoms. The molecule has 7 nitrogen and oxygen atoms in total. The highest BCUT2D eigenvalue weighted by molar-refractivity contribution is 9.10. The molecule has 2 heterocycles. The van der Waals surface area contributed by atoms with E-state index in [1.807, 2.05) is 0 Å². The van der Waals surface area contributed by atoms with Gasteiger partial charge in [-0.25, -0.2) is 4.98 Å². The fourth-order valence-corrected chi connectivity index (χ4v) is 2.39. The van der Waals surface area contributed by atoms with Crippen LogP contribution in [-0.2, 0) is 0 Å². The predicted octanol–water partition coefficient (Wildman–Crippen LogP) is 3.14. The monoisotopic (exact) mass is 350 g/mol. The lowest BCUT2D eigenvalue weighted by atomic mass is 10.3. The van der Waals surface area contributed by atoms with Crippen molar-refractivity contribution in [2.75, 3.05) is 5.32 Å². The average molecular weight is 351 g/mol. The topological polar surface area (TPSA) is 90.1 Å². The van der Waals surface area contributed by atoms with Crippen LogP contribution < -0.4 is 5.32 Å². The Morgan fingerprint density at radius 3 is 2.86 bits per heavy atom. The van der Waals surface area contributed by atoms with Crippen LogP contribution in [0.2, 0.25) is 0 Å². The van der Waals surface area contributed by atoms with E-state index in [-0.39, 0.29) is 17.4 Å². The lowest BCUT2D eigenvalue weighted by Crippen LogP contribution is -2.17. The Bertz CT molecular complexity index is 724. The zero-order valence-corrected chi connectivity index (χ0v) is 12.4. The Labute approximate surface area is 128 Å². The highest BCUT2D eigenvalue weighted by Gasteiger charge is 2.30. The van der Waals surface area contributed by atoms with E-state index >= 15 is 0 Å². The minimum absolute atomic E-state index is 0.0748. The molecular formula is C13H11BrN4O3. The fourth-order valence-electron chi connectivity index (χ4n) is 2.05. The van der Waals surface area contributed by atoms with Crippen LogP contribution in [-0.4, -0.2) is 20.4 Å². The first-order valence-corrected chi connectivity index (χ1v) is 7.13. The number of rotatable bonds is 4. The van der Waals surface area contributed by atoms with E-state index in [0.717, 1.165) is 17.3 Å². The van der Waals surface area contributed by atoms with Crippen LogP contribution in [0.1, 0.15) is 29.4 Å². The van der Waals surface area contributed by atoms with Crippen molar-refractivity contribution in [3.05, 3.63) is 50.9 Å². The lowest BCUT2D eigenvalue weighted by Gasteiger charge is -2.07. The summed E-state index contributed by atoms with van der Waals surface area (Å²) < 4.78 is 2.46. The molecule has 108 valence electrons. The largest absolute Gasteiger partial charge is 0.334 e. The summed E-state index contributed by atoms with van der Waals surface area (Å²) >= 11 is 3.29. The summed E-state index contributed by atoms with van der Waals surface area (Å²) in [5, 5.41) is 13.5. The van der Waals surface area contributed by atoms with Crippen LogP contribution in [0.25, 0.3) is 0 Å². The molecule has 8 heteroatoms. The van der Waals surface area contributed by atoms with Crippen molar-refractivity contribution >= 4 is 33.3 Å². The first-order chi connectivity index (χ1) is 10.0. The Morgan fingerprint density at radius 2 is 2.24 bits per heavy atom. The summed E-state index contributed by atoms with van der Waals surface area (Å²) in [5.74, 6) is -0.0128. The summed E-state index contributed by atoms with van der Waals surface area (Å²) in [6.07, 6.45) is 4.84. The highest BCUT2D eigenvalue weighted by atomic mass is 79.9. The average Bonchev–Trinajstić information content (AvgIpc) is 3.17. The Kier molecular flexibility index (Phi) is 3.46. The Morgan fingerprint density at radius 1 is 1.48 bits per heavy atom. The molecule has 1 saturated carbocycles. The van der Waals surface area contributed by atoms with Crippen LogP contribution >= 0.6 is 15.9 Å². The van der Waals surface area contributed by atoms with Gasteiger partial charge >= 0.3 is 0 Å². The minimum Gasteiger partial charge on any atom is -0.334 e. The number of aromatic nitrogens is 2. The summed E-state index contributed by atoms with van der Waals surface area (Å²) in [5.41, 5.74) is 0.209. The Balaban J connectivity index is 1.88. The Hall–Kier alpha value is -2.22. The first kappa shape index (κ1) is 13.7. The van der Waals surface area contributed by atoms with Gasteiger partial charge < -0.3 is 9.88 Å². The van der Waals surface area contributed by atoms with E-state index < -0.39 is 10.8 Å². The van der Waals surface area contributed by atoms with Gasteiger partial charge in [-0.15, -0.1) is 0 Å².